The molecule has 0 atom stereocenters. The van der Waals surface area contributed by atoms with Crippen molar-refractivity contribution in [1.29, 1.82) is 0 Å². The van der Waals surface area contributed by atoms with Gasteiger partial charge in [-0.3, -0.25) is 0 Å². The van der Waals surface area contributed by atoms with Crippen LogP contribution in [0.2, 0.25) is 0 Å². The lowest BCUT2D eigenvalue weighted by Crippen LogP contribution is -2.47. The smallest absolute Gasteiger partial charge is 0.125 e. The highest BCUT2D eigenvalue weighted by atomic mass is 14.9. The molecule has 0 saturated heterocycles. The van der Waals surface area contributed by atoms with E-state index in [9.17, 15) is 0 Å². The van der Waals surface area contributed by atoms with Crippen molar-refractivity contribution >= 4 is 11.5 Å². The zero-order valence-corrected chi connectivity index (χ0v) is 11.4. The molecule has 1 aromatic rings. The van der Waals surface area contributed by atoms with Gasteiger partial charge >= 0.3 is 0 Å². The van der Waals surface area contributed by atoms with Gasteiger partial charge in [-0.25, -0.2) is 4.98 Å². The molecule has 0 amide bonds. The third-order valence-corrected chi connectivity index (χ3v) is 5.74. The first-order chi connectivity index (χ1) is 9.28. The summed E-state index contributed by atoms with van der Waals surface area (Å²) in [6.07, 6.45) is 9.31. The lowest BCUT2D eigenvalue weighted by atomic mass is 9.52. The Balaban J connectivity index is 1.43. The fourth-order valence-electron chi connectivity index (χ4n) is 5.17. The molecule has 3 nitrogen and oxygen atoms in total. The van der Waals surface area contributed by atoms with Crippen molar-refractivity contribution in [3.05, 3.63) is 18.3 Å². The SMILES string of the molecule is Nc1cc(NCC2C3CC4CC(C3)CC2C4)ccn1. The van der Waals surface area contributed by atoms with Gasteiger partial charge in [0.1, 0.15) is 5.82 Å². The fourth-order valence-corrected chi connectivity index (χ4v) is 5.17. The Morgan fingerprint density at radius 2 is 1.79 bits per heavy atom. The number of rotatable bonds is 3. The van der Waals surface area contributed by atoms with Crippen LogP contribution < -0.4 is 11.1 Å². The van der Waals surface area contributed by atoms with Gasteiger partial charge in [0.2, 0.25) is 0 Å². The summed E-state index contributed by atoms with van der Waals surface area (Å²) in [5, 5.41) is 3.59. The summed E-state index contributed by atoms with van der Waals surface area (Å²) >= 11 is 0. The first-order valence-electron chi connectivity index (χ1n) is 7.73. The molecule has 102 valence electrons. The van der Waals surface area contributed by atoms with Gasteiger partial charge in [0.15, 0.2) is 0 Å². The minimum atomic E-state index is 0.607. The Hall–Kier alpha value is -1.25. The molecule has 4 fully saturated rings. The molecule has 3 heteroatoms. The monoisotopic (exact) mass is 257 g/mol. The summed E-state index contributed by atoms with van der Waals surface area (Å²) in [6, 6.07) is 3.96. The normalized spacial score (nSPS) is 39.5. The van der Waals surface area contributed by atoms with Crippen molar-refractivity contribution in [2.45, 2.75) is 32.1 Å². The predicted octanol–water partition coefficient (Wildman–Crippen LogP) is 3.15. The molecule has 0 aromatic carbocycles. The van der Waals surface area contributed by atoms with Gasteiger partial charge in [-0.1, -0.05) is 0 Å². The van der Waals surface area contributed by atoms with Crippen LogP contribution in [-0.2, 0) is 0 Å². The number of hydrogen-bond donors (Lipinski definition) is 2. The Bertz CT molecular complexity index is 443. The minimum absolute atomic E-state index is 0.607. The maximum Gasteiger partial charge on any atom is 0.125 e. The van der Waals surface area contributed by atoms with E-state index in [2.05, 4.69) is 10.3 Å². The molecule has 4 saturated carbocycles. The molecule has 5 rings (SSSR count). The lowest BCUT2D eigenvalue weighted by Gasteiger charge is -2.54. The van der Waals surface area contributed by atoms with Crippen molar-refractivity contribution in [1.82, 2.24) is 4.98 Å². The van der Waals surface area contributed by atoms with E-state index in [0.29, 0.717) is 5.82 Å². The van der Waals surface area contributed by atoms with Crippen LogP contribution in [0.3, 0.4) is 0 Å². The zero-order valence-electron chi connectivity index (χ0n) is 11.4. The van der Waals surface area contributed by atoms with Crippen LogP contribution in [0, 0.1) is 29.6 Å². The van der Waals surface area contributed by atoms with E-state index in [0.717, 1.165) is 41.8 Å². The van der Waals surface area contributed by atoms with Crippen LogP contribution in [0.5, 0.6) is 0 Å². The second-order valence-corrected chi connectivity index (χ2v) is 6.94. The van der Waals surface area contributed by atoms with Gasteiger partial charge in [-0.2, -0.15) is 0 Å². The molecular weight excluding hydrogens is 234 g/mol. The average Bonchev–Trinajstić information content (AvgIpc) is 2.37. The summed E-state index contributed by atoms with van der Waals surface area (Å²) in [5.41, 5.74) is 6.86. The fraction of sp³-hybridized carbons (Fsp3) is 0.688. The quantitative estimate of drug-likeness (QED) is 0.874. The summed E-state index contributed by atoms with van der Waals surface area (Å²) in [4.78, 5) is 4.05. The molecule has 0 radical (unpaired) electrons. The Morgan fingerprint density at radius 1 is 1.11 bits per heavy atom. The molecule has 19 heavy (non-hydrogen) atoms. The number of nitrogens with zero attached hydrogens (tertiary/aromatic N) is 1. The van der Waals surface area contributed by atoms with Gasteiger partial charge in [0.25, 0.3) is 0 Å². The Kier molecular flexibility index (Phi) is 2.68. The first kappa shape index (κ1) is 11.6. The largest absolute Gasteiger partial charge is 0.385 e. The number of pyridine rings is 1. The van der Waals surface area contributed by atoms with Crippen molar-refractivity contribution in [3.8, 4) is 0 Å². The second kappa shape index (κ2) is 4.39. The molecule has 3 N–H and O–H groups in total. The molecule has 4 bridgehead atoms. The summed E-state index contributed by atoms with van der Waals surface area (Å²) in [6.45, 7) is 1.12. The zero-order chi connectivity index (χ0) is 12.8. The van der Waals surface area contributed by atoms with Crippen LogP contribution in [0.1, 0.15) is 32.1 Å². The highest BCUT2D eigenvalue weighted by Gasteiger charge is 2.47. The molecule has 0 aliphatic heterocycles. The third-order valence-electron chi connectivity index (χ3n) is 5.74. The number of aromatic nitrogens is 1. The predicted molar refractivity (Wildman–Crippen MR) is 77.7 cm³/mol. The van der Waals surface area contributed by atoms with Gasteiger partial charge < -0.3 is 11.1 Å². The van der Waals surface area contributed by atoms with Crippen molar-refractivity contribution in [3.63, 3.8) is 0 Å². The molecule has 1 aromatic heterocycles. The third kappa shape index (κ3) is 2.09. The summed E-state index contributed by atoms with van der Waals surface area (Å²) in [7, 11) is 0. The van der Waals surface area contributed by atoms with Gasteiger partial charge in [0, 0.05) is 24.5 Å². The van der Waals surface area contributed by atoms with E-state index < -0.39 is 0 Å². The molecule has 0 unspecified atom stereocenters. The highest BCUT2D eigenvalue weighted by molar-refractivity contribution is 5.49. The van der Waals surface area contributed by atoms with E-state index >= 15 is 0 Å². The Labute approximate surface area is 115 Å². The second-order valence-electron chi connectivity index (χ2n) is 6.94. The molecule has 1 heterocycles. The minimum Gasteiger partial charge on any atom is -0.385 e. The van der Waals surface area contributed by atoms with Crippen molar-refractivity contribution in [2.75, 3.05) is 17.6 Å². The van der Waals surface area contributed by atoms with Crippen LogP contribution in [-0.4, -0.2) is 11.5 Å². The van der Waals surface area contributed by atoms with Gasteiger partial charge in [-0.05, 0) is 67.8 Å². The van der Waals surface area contributed by atoms with Crippen LogP contribution in [0.15, 0.2) is 18.3 Å². The standard InChI is InChI=1S/C16H23N3/c17-16-8-14(1-2-18-16)19-9-15-12-4-10-3-11(6-12)7-13(15)5-10/h1-2,8,10-13,15H,3-7,9H2,(H3,17,18,19). The van der Waals surface area contributed by atoms with Gasteiger partial charge in [0.05, 0.1) is 0 Å². The van der Waals surface area contributed by atoms with Crippen LogP contribution >= 0.6 is 0 Å². The molecule has 4 aliphatic rings. The van der Waals surface area contributed by atoms with E-state index in [4.69, 9.17) is 5.73 Å². The Morgan fingerprint density at radius 3 is 2.42 bits per heavy atom. The van der Waals surface area contributed by atoms with E-state index in [1.54, 1.807) is 6.20 Å². The maximum absolute atomic E-state index is 5.73. The summed E-state index contributed by atoms with van der Waals surface area (Å²) < 4.78 is 0. The topological polar surface area (TPSA) is 50.9 Å². The van der Waals surface area contributed by atoms with E-state index in [1.807, 2.05) is 12.1 Å². The summed E-state index contributed by atoms with van der Waals surface area (Å²) in [5.74, 6) is 5.61. The number of nitrogen functional groups attached to an aromatic ring is 1. The van der Waals surface area contributed by atoms with E-state index in [1.165, 1.54) is 32.1 Å². The highest BCUT2D eigenvalue weighted by Crippen LogP contribution is 2.56. The van der Waals surface area contributed by atoms with Crippen LogP contribution in [0.25, 0.3) is 0 Å². The first-order valence-corrected chi connectivity index (χ1v) is 7.73. The van der Waals surface area contributed by atoms with Gasteiger partial charge in [-0.15, -0.1) is 0 Å². The van der Waals surface area contributed by atoms with Crippen molar-refractivity contribution in [2.24, 2.45) is 29.6 Å². The van der Waals surface area contributed by atoms with Crippen molar-refractivity contribution < 1.29 is 0 Å². The number of nitrogens with two attached hydrogens (primary N) is 1. The average molecular weight is 257 g/mol. The molecule has 4 aliphatic carbocycles. The number of anilines is 2. The number of hydrogen-bond acceptors (Lipinski definition) is 3. The molecule has 0 spiro atoms. The lowest BCUT2D eigenvalue weighted by molar-refractivity contribution is -0.0305. The van der Waals surface area contributed by atoms with Crippen LogP contribution in [0.4, 0.5) is 11.5 Å². The number of nitrogens with one attached hydrogen (secondary N) is 1. The molecular formula is C16H23N3. The van der Waals surface area contributed by atoms with E-state index in [-0.39, 0.29) is 0 Å². The maximum atomic E-state index is 5.73.